The molecule has 0 spiro atoms. The Morgan fingerprint density at radius 1 is 1.47 bits per heavy atom. The van der Waals surface area contributed by atoms with Gasteiger partial charge in [0.1, 0.15) is 0 Å². The maximum absolute atomic E-state index is 11.6. The van der Waals surface area contributed by atoms with Crippen molar-refractivity contribution in [2.75, 3.05) is 20.1 Å². The molecule has 4 heteroatoms. The molecular formula is C13H22N2O2. The van der Waals surface area contributed by atoms with Crippen molar-refractivity contribution in [1.82, 2.24) is 4.90 Å². The van der Waals surface area contributed by atoms with Gasteiger partial charge in [-0.25, -0.2) is 4.79 Å². The Hall–Kier alpha value is -1.16. The van der Waals surface area contributed by atoms with Gasteiger partial charge in [-0.05, 0) is 46.7 Å². The Balaban J connectivity index is 2.61. The maximum Gasteiger partial charge on any atom is 0.340 e. The molecule has 1 rings (SSSR count). The van der Waals surface area contributed by atoms with E-state index in [1.807, 2.05) is 27.7 Å². The molecule has 4 nitrogen and oxygen atoms in total. The normalized spacial score (nSPS) is 18.9. The van der Waals surface area contributed by atoms with Gasteiger partial charge in [0.15, 0.2) is 0 Å². The van der Waals surface area contributed by atoms with Crippen molar-refractivity contribution >= 4 is 11.7 Å². The molecule has 17 heavy (non-hydrogen) atoms. The van der Waals surface area contributed by atoms with Gasteiger partial charge in [-0.1, -0.05) is 11.2 Å². The second-order valence-corrected chi connectivity index (χ2v) is 5.56. The number of carbonyl (C=O) groups is 1. The zero-order valence-electron chi connectivity index (χ0n) is 11.4. The van der Waals surface area contributed by atoms with Gasteiger partial charge in [0, 0.05) is 13.1 Å². The number of hydrogen-bond donors (Lipinski definition) is 0. The van der Waals surface area contributed by atoms with Crippen LogP contribution >= 0.6 is 0 Å². The average Bonchev–Trinajstić information content (AvgIpc) is 2.24. The maximum atomic E-state index is 11.6. The molecular weight excluding hydrogens is 216 g/mol. The van der Waals surface area contributed by atoms with Crippen molar-refractivity contribution < 1.29 is 9.63 Å². The van der Waals surface area contributed by atoms with Crippen molar-refractivity contribution in [3.63, 3.8) is 0 Å². The summed E-state index contributed by atoms with van der Waals surface area (Å²) >= 11 is 0. The van der Waals surface area contributed by atoms with Gasteiger partial charge in [0.25, 0.3) is 0 Å². The standard InChI is InChI=1S/C13H22N2O2/c1-10(11-7-6-8-15(5)9-11)14-17-12(16)13(2,3)4/h7H,6,8-9H2,1-5H3. The first-order chi connectivity index (χ1) is 7.80. The van der Waals surface area contributed by atoms with Crippen LogP contribution in [0.1, 0.15) is 34.1 Å². The summed E-state index contributed by atoms with van der Waals surface area (Å²) in [4.78, 5) is 18.7. The molecule has 0 aromatic heterocycles. The smallest absolute Gasteiger partial charge is 0.317 e. The van der Waals surface area contributed by atoms with Crippen molar-refractivity contribution in [3.05, 3.63) is 11.6 Å². The highest BCUT2D eigenvalue weighted by molar-refractivity contribution is 5.98. The number of hydrogen-bond acceptors (Lipinski definition) is 4. The average molecular weight is 238 g/mol. The molecule has 0 aromatic carbocycles. The summed E-state index contributed by atoms with van der Waals surface area (Å²) in [5.41, 5.74) is 1.41. The summed E-state index contributed by atoms with van der Waals surface area (Å²) in [5, 5.41) is 3.92. The van der Waals surface area contributed by atoms with E-state index >= 15 is 0 Å². The van der Waals surface area contributed by atoms with Crippen LogP contribution in [0.5, 0.6) is 0 Å². The van der Waals surface area contributed by atoms with Gasteiger partial charge in [0.2, 0.25) is 0 Å². The number of nitrogens with zero attached hydrogens (tertiary/aromatic N) is 2. The van der Waals surface area contributed by atoms with Crippen LogP contribution in [-0.2, 0) is 9.63 Å². The van der Waals surface area contributed by atoms with Gasteiger partial charge in [-0.15, -0.1) is 0 Å². The lowest BCUT2D eigenvalue weighted by molar-refractivity contribution is -0.152. The van der Waals surface area contributed by atoms with Crippen molar-refractivity contribution in [2.45, 2.75) is 34.1 Å². The zero-order chi connectivity index (χ0) is 13.1. The van der Waals surface area contributed by atoms with E-state index in [1.165, 1.54) is 0 Å². The highest BCUT2D eigenvalue weighted by Gasteiger charge is 2.23. The van der Waals surface area contributed by atoms with Crippen LogP contribution in [0.15, 0.2) is 16.8 Å². The predicted octanol–water partition coefficient (Wildman–Crippen LogP) is 2.21. The molecule has 0 atom stereocenters. The van der Waals surface area contributed by atoms with Crippen LogP contribution in [0.2, 0.25) is 0 Å². The Labute approximate surface area is 103 Å². The number of likely N-dealkylation sites (N-methyl/N-ethyl adjacent to an activating group) is 1. The van der Waals surface area contributed by atoms with E-state index in [2.05, 4.69) is 23.2 Å². The highest BCUT2D eigenvalue weighted by Crippen LogP contribution is 2.16. The summed E-state index contributed by atoms with van der Waals surface area (Å²) in [6, 6.07) is 0. The van der Waals surface area contributed by atoms with Gasteiger partial charge < -0.3 is 9.74 Å². The van der Waals surface area contributed by atoms with Crippen LogP contribution in [0.25, 0.3) is 0 Å². The minimum absolute atomic E-state index is 0.304. The van der Waals surface area contributed by atoms with Crippen LogP contribution in [0, 0.1) is 5.41 Å². The summed E-state index contributed by atoms with van der Waals surface area (Å²) < 4.78 is 0. The third kappa shape index (κ3) is 4.30. The minimum Gasteiger partial charge on any atom is -0.317 e. The van der Waals surface area contributed by atoms with Crippen molar-refractivity contribution in [1.29, 1.82) is 0 Å². The fraction of sp³-hybridized carbons (Fsp3) is 0.692. The van der Waals surface area contributed by atoms with E-state index in [0.717, 1.165) is 30.8 Å². The Morgan fingerprint density at radius 2 is 2.12 bits per heavy atom. The summed E-state index contributed by atoms with van der Waals surface area (Å²) in [7, 11) is 2.07. The van der Waals surface area contributed by atoms with E-state index in [1.54, 1.807) is 0 Å². The summed E-state index contributed by atoms with van der Waals surface area (Å²) in [5.74, 6) is -0.304. The molecule has 0 saturated heterocycles. The van der Waals surface area contributed by atoms with Crippen LogP contribution in [0.4, 0.5) is 0 Å². The SMILES string of the molecule is CC(=NOC(=O)C(C)(C)C)C1=CCCN(C)C1. The third-order valence-electron chi connectivity index (χ3n) is 2.68. The summed E-state index contributed by atoms with van der Waals surface area (Å²) in [6.45, 7) is 9.25. The van der Waals surface area contributed by atoms with Crippen molar-refractivity contribution in [3.8, 4) is 0 Å². The Morgan fingerprint density at radius 3 is 2.65 bits per heavy atom. The Kier molecular flexibility index (Phi) is 4.46. The van der Waals surface area contributed by atoms with Gasteiger partial charge in [0.05, 0.1) is 11.1 Å². The zero-order valence-corrected chi connectivity index (χ0v) is 11.4. The van der Waals surface area contributed by atoms with Crippen LogP contribution in [0.3, 0.4) is 0 Å². The van der Waals surface area contributed by atoms with Gasteiger partial charge in [-0.2, -0.15) is 0 Å². The molecule has 0 aromatic rings. The third-order valence-corrected chi connectivity index (χ3v) is 2.68. The molecule has 1 aliphatic rings. The number of oxime groups is 1. The highest BCUT2D eigenvalue weighted by atomic mass is 16.7. The minimum atomic E-state index is -0.512. The molecule has 0 bridgehead atoms. The first-order valence-electron chi connectivity index (χ1n) is 5.94. The molecule has 0 unspecified atom stereocenters. The first-order valence-corrected chi connectivity index (χ1v) is 5.94. The Bertz CT molecular complexity index is 351. The number of carbonyl (C=O) groups excluding carboxylic acids is 1. The van der Waals surface area contributed by atoms with E-state index in [4.69, 9.17) is 4.84 Å². The molecule has 96 valence electrons. The van der Waals surface area contributed by atoms with E-state index in [0.29, 0.717) is 0 Å². The predicted molar refractivity (Wildman–Crippen MR) is 68.9 cm³/mol. The lowest BCUT2D eigenvalue weighted by Crippen LogP contribution is -2.28. The molecule has 0 aliphatic carbocycles. The lowest BCUT2D eigenvalue weighted by Gasteiger charge is -2.22. The molecule has 0 saturated carbocycles. The van der Waals surface area contributed by atoms with E-state index in [9.17, 15) is 4.79 Å². The molecule has 1 heterocycles. The van der Waals surface area contributed by atoms with Gasteiger partial charge in [-0.3, -0.25) is 0 Å². The fourth-order valence-corrected chi connectivity index (χ4v) is 1.46. The second-order valence-electron chi connectivity index (χ2n) is 5.56. The molecule has 0 amide bonds. The van der Waals surface area contributed by atoms with Crippen LogP contribution < -0.4 is 0 Å². The lowest BCUT2D eigenvalue weighted by atomic mass is 9.98. The molecule has 1 aliphatic heterocycles. The largest absolute Gasteiger partial charge is 0.340 e. The molecule has 0 radical (unpaired) electrons. The number of rotatable bonds is 2. The fourth-order valence-electron chi connectivity index (χ4n) is 1.46. The second kappa shape index (κ2) is 5.45. The molecule has 0 fully saturated rings. The van der Waals surface area contributed by atoms with E-state index in [-0.39, 0.29) is 5.97 Å². The van der Waals surface area contributed by atoms with E-state index < -0.39 is 5.41 Å². The first kappa shape index (κ1) is 13.9. The monoisotopic (exact) mass is 238 g/mol. The molecule has 0 N–H and O–H groups in total. The summed E-state index contributed by atoms with van der Waals surface area (Å²) in [6.07, 6.45) is 3.18. The van der Waals surface area contributed by atoms with Gasteiger partial charge >= 0.3 is 5.97 Å². The topological polar surface area (TPSA) is 41.9 Å². The van der Waals surface area contributed by atoms with Crippen LogP contribution in [-0.4, -0.2) is 36.7 Å². The van der Waals surface area contributed by atoms with Crippen molar-refractivity contribution in [2.24, 2.45) is 10.6 Å². The quantitative estimate of drug-likeness (QED) is 0.421.